The molecule has 1 aromatic heterocycles. The molecule has 0 amide bonds. The quantitative estimate of drug-likeness (QED) is 0.567. The SMILES string of the molecule is CN1CCC(CC(=O)c2ccc3cnc(Nc4ccc(S(N)(=O)=O)cc4)nc3c2)CC1. The van der Waals surface area contributed by atoms with Gasteiger partial charge in [-0.15, -0.1) is 0 Å². The van der Waals surface area contributed by atoms with Gasteiger partial charge >= 0.3 is 0 Å². The van der Waals surface area contributed by atoms with Gasteiger partial charge in [-0.05, 0) is 69.2 Å². The lowest BCUT2D eigenvalue weighted by Gasteiger charge is -2.28. The zero-order valence-electron chi connectivity index (χ0n) is 17.3. The van der Waals surface area contributed by atoms with E-state index in [1.54, 1.807) is 18.3 Å². The highest BCUT2D eigenvalue weighted by molar-refractivity contribution is 7.89. The number of hydrogen-bond donors (Lipinski definition) is 2. The Balaban J connectivity index is 1.49. The second-order valence-corrected chi connectivity index (χ2v) is 9.60. The zero-order valence-corrected chi connectivity index (χ0v) is 18.1. The van der Waals surface area contributed by atoms with E-state index in [4.69, 9.17) is 5.14 Å². The molecule has 3 N–H and O–H groups in total. The molecule has 162 valence electrons. The first-order valence-corrected chi connectivity index (χ1v) is 11.7. The zero-order chi connectivity index (χ0) is 22.0. The van der Waals surface area contributed by atoms with Crippen LogP contribution in [0.4, 0.5) is 11.6 Å². The van der Waals surface area contributed by atoms with E-state index in [1.807, 2.05) is 18.2 Å². The number of likely N-dealkylation sites (tertiary alicyclic amines) is 1. The van der Waals surface area contributed by atoms with Gasteiger partial charge in [0.2, 0.25) is 16.0 Å². The fraction of sp³-hybridized carbons (Fsp3) is 0.318. The predicted octanol–water partition coefficient (Wildman–Crippen LogP) is 2.94. The molecule has 1 aliphatic heterocycles. The summed E-state index contributed by atoms with van der Waals surface area (Å²) in [6.45, 7) is 2.08. The lowest BCUT2D eigenvalue weighted by atomic mass is 9.90. The number of Topliss-reactive ketones (excluding diaryl/α,β-unsaturated/α-hetero) is 1. The van der Waals surface area contributed by atoms with Crippen LogP contribution < -0.4 is 10.5 Å². The lowest BCUT2D eigenvalue weighted by Crippen LogP contribution is -2.31. The van der Waals surface area contributed by atoms with Crippen LogP contribution in [0.5, 0.6) is 0 Å². The number of carbonyl (C=O) groups is 1. The van der Waals surface area contributed by atoms with Crippen LogP contribution in [0, 0.1) is 5.92 Å². The van der Waals surface area contributed by atoms with Crippen molar-refractivity contribution in [3.63, 3.8) is 0 Å². The first-order valence-electron chi connectivity index (χ1n) is 10.2. The minimum Gasteiger partial charge on any atom is -0.324 e. The van der Waals surface area contributed by atoms with E-state index in [0.717, 1.165) is 31.3 Å². The molecule has 0 radical (unpaired) electrons. The average molecular weight is 440 g/mol. The number of carbonyl (C=O) groups excluding carboxylic acids is 1. The first-order chi connectivity index (χ1) is 14.8. The van der Waals surface area contributed by atoms with Crippen molar-refractivity contribution in [3.8, 4) is 0 Å². The van der Waals surface area contributed by atoms with E-state index >= 15 is 0 Å². The van der Waals surface area contributed by atoms with Gasteiger partial charge in [-0.25, -0.2) is 23.5 Å². The highest BCUT2D eigenvalue weighted by Gasteiger charge is 2.20. The van der Waals surface area contributed by atoms with Gasteiger partial charge in [0.05, 0.1) is 10.4 Å². The summed E-state index contributed by atoms with van der Waals surface area (Å²) in [5.41, 5.74) is 1.96. The number of primary sulfonamides is 1. The Bertz CT molecular complexity index is 1200. The summed E-state index contributed by atoms with van der Waals surface area (Å²) >= 11 is 0. The molecule has 1 aliphatic rings. The summed E-state index contributed by atoms with van der Waals surface area (Å²) in [5, 5.41) is 9.01. The smallest absolute Gasteiger partial charge is 0.238 e. The van der Waals surface area contributed by atoms with E-state index in [1.165, 1.54) is 12.1 Å². The van der Waals surface area contributed by atoms with E-state index in [9.17, 15) is 13.2 Å². The third kappa shape index (κ3) is 5.25. The molecule has 3 aromatic rings. The van der Waals surface area contributed by atoms with Crippen LogP contribution in [-0.4, -0.2) is 49.2 Å². The Morgan fingerprint density at radius 2 is 1.87 bits per heavy atom. The van der Waals surface area contributed by atoms with Gasteiger partial charge < -0.3 is 10.2 Å². The normalized spacial score (nSPS) is 15.8. The second-order valence-electron chi connectivity index (χ2n) is 8.04. The monoisotopic (exact) mass is 439 g/mol. The molecule has 8 nitrogen and oxygen atoms in total. The molecule has 0 unspecified atom stereocenters. The Morgan fingerprint density at radius 1 is 1.16 bits per heavy atom. The lowest BCUT2D eigenvalue weighted by molar-refractivity contribution is 0.0936. The van der Waals surface area contributed by atoms with Crippen LogP contribution in [0.25, 0.3) is 10.9 Å². The Hall–Kier alpha value is -2.88. The maximum absolute atomic E-state index is 12.8. The van der Waals surface area contributed by atoms with E-state index in [0.29, 0.717) is 35.1 Å². The van der Waals surface area contributed by atoms with Gasteiger partial charge in [0.25, 0.3) is 0 Å². The minimum absolute atomic E-state index is 0.0326. The number of nitrogens with zero attached hydrogens (tertiary/aromatic N) is 3. The Kier molecular flexibility index (Phi) is 5.99. The van der Waals surface area contributed by atoms with Gasteiger partial charge in [0, 0.05) is 29.3 Å². The number of fused-ring (bicyclic) bond motifs is 1. The highest BCUT2D eigenvalue weighted by Crippen LogP contribution is 2.24. The molecule has 1 saturated heterocycles. The summed E-state index contributed by atoms with van der Waals surface area (Å²) in [4.78, 5) is 23.9. The Labute approximate surface area is 181 Å². The Morgan fingerprint density at radius 3 is 2.55 bits per heavy atom. The third-order valence-corrected chi connectivity index (χ3v) is 6.59. The summed E-state index contributed by atoms with van der Waals surface area (Å²) < 4.78 is 22.8. The number of rotatable bonds is 6. The molecule has 0 saturated carbocycles. The molecule has 0 bridgehead atoms. The van der Waals surface area contributed by atoms with Gasteiger partial charge in [0.15, 0.2) is 5.78 Å². The van der Waals surface area contributed by atoms with Crippen LogP contribution in [0.3, 0.4) is 0 Å². The standard InChI is InChI=1S/C22H25N5O3S/c1-27-10-8-15(9-11-27)12-21(28)16-2-3-17-14-24-22(26-20(17)13-16)25-18-4-6-19(7-5-18)31(23,29)30/h2-7,13-15H,8-12H2,1H3,(H2,23,29,30)(H,24,25,26). The molecule has 31 heavy (non-hydrogen) atoms. The third-order valence-electron chi connectivity index (χ3n) is 5.66. The predicted molar refractivity (Wildman–Crippen MR) is 120 cm³/mol. The summed E-state index contributed by atoms with van der Waals surface area (Å²) in [7, 11) is -1.63. The first kappa shape index (κ1) is 21.4. The molecule has 4 rings (SSSR count). The molecule has 0 aliphatic carbocycles. The topological polar surface area (TPSA) is 118 Å². The largest absolute Gasteiger partial charge is 0.324 e. The number of anilines is 2. The van der Waals surface area contributed by atoms with Crippen LogP contribution in [0.15, 0.2) is 53.6 Å². The molecule has 0 atom stereocenters. The van der Waals surface area contributed by atoms with Crippen molar-refractivity contribution in [1.29, 1.82) is 0 Å². The highest BCUT2D eigenvalue weighted by atomic mass is 32.2. The number of aromatic nitrogens is 2. The maximum Gasteiger partial charge on any atom is 0.238 e. The van der Waals surface area contributed by atoms with Crippen LogP contribution >= 0.6 is 0 Å². The number of hydrogen-bond acceptors (Lipinski definition) is 7. The number of piperidine rings is 1. The number of sulfonamides is 1. The van der Waals surface area contributed by atoms with Crippen molar-refractivity contribution in [2.45, 2.75) is 24.2 Å². The summed E-state index contributed by atoms with van der Waals surface area (Å²) in [6, 6.07) is 11.5. The number of nitrogens with two attached hydrogens (primary N) is 1. The molecule has 9 heteroatoms. The summed E-state index contributed by atoms with van der Waals surface area (Å²) in [5.74, 6) is 0.932. The molecule has 2 aromatic carbocycles. The van der Waals surface area contributed by atoms with Crippen molar-refractivity contribution < 1.29 is 13.2 Å². The van der Waals surface area contributed by atoms with Crippen molar-refractivity contribution >= 4 is 38.3 Å². The molecule has 1 fully saturated rings. The van der Waals surface area contributed by atoms with Crippen LogP contribution in [-0.2, 0) is 10.0 Å². The van der Waals surface area contributed by atoms with Crippen molar-refractivity contribution in [2.24, 2.45) is 11.1 Å². The van der Waals surface area contributed by atoms with E-state index < -0.39 is 10.0 Å². The molecule has 0 spiro atoms. The van der Waals surface area contributed by atoms with Gasteiger partial charge in [-0.2, -0.15) is 0 Å². The number of nitrogens with one attached hydrogen (secondary N) is 1. The van der Waals surface area contributed by atoms with Crippen molar-refractivity contribution in [2.75, 3.05) is 25.5 Å². The minimum atomic E-state index is -3.74. The van der Waals surface area contributed by atoms with E-state index in [-0.39, 0.29) is 10.7 Å². The molecule has 2 heterocycles. The van der Waals surface area contributed by atoms with Crippen molar-refractivity contribution in [1.82, 2.24) is 14.9 Å². The molecular formula is C22H25N5O3S. The maximum atomic E-state index is 12.8. The second kappa shape index (κ2) is 8.70. The fourth-order valence-corrected chi connectivity index (χ4v) is 4.28. The molecular weight excluding hydrogens is 414 g/mol. The summed E-state index contributed by atoms with van der Waals surface area (Å²) in [6.07, 6.45) is 4.35. The van der Waals surface area contributed by atoms with E-state index in [2.05, 4.69) is 27.2 Å². The van der Waals surface area contributed by atoms with Crippen molar-refractivity contribution in [3.05, 3.63) is 54.2 Å². The van der Waals surface area contributed by atoms with Gasteiger partial charge in [0.1, 0.15) is 0 Å². The fourth-order valence-electron chi connectivity index (χ4n) is 3.76. The average Bonchev–Trinajstić information content (AvgIpc) is 2.74. The van der Waals surface area contributed by atoms with Gasteiger partial charge in [-0.1, -0.05) is 12.1 Å². The number of ketones is 1. The van der Waals surface area contributed by atoms with Crippen LogP contribution in [0.2, 0.25) is 0 Å². The van der Waals surface area contributed by atoms with Crippen LogP contribution in [0.1, 0.15) is 29.6 Å². The van der Waals surface area contributed by atoms with Gasteiger partial charge in [-0.3, -0.25) is 4.79 Å². The number of benzene rings is 2.